The number of aromatic amines is 1. The molecule has 39 heavy (non-hydrogen) atoms. The summed E-state index contributed by atoms with van der Waals surface area (Å²) < 4.78 is 30.7. The molecule has 1 spiro atoms. The minimum Gasteiger partial charge on any atom is -0.369 e. The molecule has 2 amide bonds. The molecule has 1 aromatic carbocycles. The fourth-order valence-electron chi connectivity index (χ4n) is 5.84. The second-order valence-corrected chi connectivity index (χ2v) is 11.7. The van der Waals surface area contributed by atoms with Gasteiger partial charge in [-0.1, -0.05) is 22.4 Å². The molecular weight excluding hydrogens is 580 g/mol. The molecule has 2 aromatic rings. The normalized spacial score (nSPS) is 21.5. The summed E-state index contributed by atoms with van der Waals surface area (Å²) in [6.45, 7) is 1.13. The second-order valence-electron chi connectivity index (χ2n) is 10.8. The van der Waals surface area contributed by atoms with Crippen LogP contribution in [0.3, 0.4) is 0 Å². The summed E-state index contributed by atoms with van der Waals surface area (Å²) in [5, 5.41) is 14.5. The lowest BCUT2D eigenvalue weighted by atomic mass is 9.63. The van der Waals surface area contributed by atoms with Crippen molar-refractivity contribution in [2.24, 2.45) is 5.41 Å². The van der Waals surface area contributed by atoms with Gasteiger partial charge in [-0.3, -0.25) is 24.5 Å². The predicted molar refractivity (Wildman–Crippen MR) is 142 cm³/mol. The molecule has 208 valence electrons. The average Bonchev–Trinajstić information content (AvgIpc) is 3.16. The van der Waals surface area contributed by atoms with E-state index in [1.807, 2.05) is 0 Å². The smallest absolute Gasteiger partial charge is 0.294 e. The summed E-state index contributed by atoms with van der Waals surface area (Å²) in [5.41, 5.74) is -0.798. The number of alkyl halides is 2. The Morgan fingerprint density at radius 1 is 1.10 bits per heavy atom. The Hall–Kier alpha value is -3.35. The van der Waals surface area contributed by atoms with Gasteiger partial charge in [0.1, 0.15) is 11.7 Å². The SMILES string of the molecule is Cc1cc(C(=O)N2CC(Nc3c(C(=O)N4CCC5(CCC5)CC4)cc(Br)cc3[N+](=O)[O-])C(F)(F)C2)cc(=O)[nH]1. The van der Waals surface area contributed by atoms with Gasteiger partial charge in [0, 0.05) is 47.5 Å². The number of anilines is 1. The molecule has 1 saturated carbocycles. The number of likely N-dealkylation sites (tertiary alicyclic amines) is 2. The van der Waals surface area contributed by atoms with Crippen molar-refractivity contribution in [1.29, 1.82) is 0 Å². The van der Waals surface area contributed by atoms with Gasteiger partial charge in [-0.15, -0.1) is 0 Å². The fraction of sp³-hybridized carbons (Fsp3) is 0.500. The number of nitrogens with one attached hydrogen (secondary N) is 2. The Bertz CT molecular complexity index is 1400. The zero-order chi connectivity index (χ0) is 28.1. The number of carbonyl (C=O) groups is 2. The third kappa shape index (κ3) is 5.28. The van der Waals surface area contributed by atoms with E-state index in [0.29, 0.717) is 18.8 Å². The van der Waals surface area contributed by atoms with Gasteiger partial charge >= 0.3 is 0 Å². The van der Waals surface area contributed by atoms with E-state index in [0.717, 1.165) is 42.7 Å². The molecule has 1 aliphatic carbocycles. The topological polar surface area (TPSA) is 129 Å². The highest BCUT2D eigenvalue weighted by Gasteiger charge is 2.51. The minimum absolute atomic E-state index is 0.0347. The number of hydrogen-bond acceptors (Lipinski definition) is 6. The number of rotatable bonds is 5. The minimum atomic E-state index is -3.46. The number of carbonyl (C=O) groups excluding carboxylic acids is 2. The number of nitro groups is 1. The van der Waals surface area contributed by atoms with Crippen LogP contribution in [0.5, 0.6) is 0 Å². The van der Waals surface area contributed by atoms with Crippen molar-refractivity contribution in [3.05, 3.63) is 66.0 Å². The van der Waals surface area contributed by atoms with Crippen molar-refractivity contribution >= 4 is 39.1 Å². The quantitative estimate of drug-likeness (QED) is 0.384. The Kier molecular flexibility index (Phi) is 6.98. The van der Waals surface area contributed by atoms with E-state index in [1.165, 1.54) is 18.6 Å². The molecule has 1 unspecified atom stereocenters. The Balaban J connectivity index is 1.42. The molecule has 0 radical (unpaired) electrons. The number of halogens is 3. The van der Waals surface area contributed by atoms with Gasteiger partial charge in [-0.05, 0) is 50.2 Å². The molecule has 5 rings (SSSR count). The number of piperidine rings is 1. The van der Waals surface area contributed by atoms with Gasteiger partial charge in [0.25, 0.3) is 23.4 Å². The van der Waals surface area contributed by atoms with Crippen molar-refractivity contribution in [2.75, 3.05) is 31.5 Å². The van der Waals surface area contributed by atoms with E-state index in [2.05, 4.69) is 26.2 Å². The maximum Gasteiger partial charge on any atom is 0.294 e. The number of hydrogen-bond donors (Lipinski definition) is 2. The summed E-state index contributed by atoms with van der Waals surface area (Å²) in [7, 11) is 0. The van der Waals surface area contributed by atoms with Gasteiger partial charge in [0.2, 0.25) is 5.56 Å². The van der Waals surface area contributed by atoms with Crippen LogP contribution in [0.15, 0.2) is 33.5 Å². The van der Waals surface area contributed by atoms with E-state index in [-0.39, 0.29) is 26.7 Å². The van der Waals surface area contributed by atoms with Gasteiger partial charge in [0.15, 0.2) is 0 Å². The highest BCUT2D eigenvalue weighted by Crippen LogP contribution is 2.49. The number of pyridine rings is 1. The molecule has 1 atom stereocenters. The molecule has 3 fully saturated rings. The van der Waals surface area contributed by atoms with Crippen LogP contribution < -0.4 is 10.9 Å². The molecule has 2 N–H and O–H groups in total. The van der Waals surface area contributed by atoms with Crippen LogP contribution in [0.1, 0.15) is 58.5 Å². The first-order chi connectivity index (χ1) is 18.4. The Morgan fingerprint density at radius 2 is 1.79 bits per heavy atom. The van der Waals surface area contributed by atoms with Crippen molar-refractivity contribution in [3.8, 4) is 0 Å². The Labute approximate surface area is 231 Å². The Morgan fingerprint density at radius 3 is 2.38 bits per heavy atom. The summed E-state index contributed by atoms with van der Waals surface area (Å²) in [5.74, 6) is -4.69. The first-order valence-electron chi connectivity index (χ1n) is 12.8. The lowest BCUT2D eigenvalue weighted by Gasteiger charge is -2.48. The lowest BCUT2D eigenvalue weighted by Crippen LogP contribution is -2.46. The average molecular weight is 608 g/mol. The van der Waals surface area contributed by atoms with Crippen LogP contribution >= 0.6 is 15.9 Å². The van der Waals surface area contributed by atoms with Gasteiger partial charge in [-0.25, -0.2) is 8.78 Å². The second kappa shape index (κ2) is 10.00. The van der Waals surface area contributed by atoms with E-state index < -0.39 is 53.0 Å². The highest BCUT2D eigenvalue weighted by molar-refractivity contribution is 9.10. The van der Waals surface area contributed by atoms with Crippen LogP contribution in [0.25, 0.3) is 0 Å². The number of nitro benzene ring substituents is 1. The molecule has 2 aliphatic heterocycles. The fourth-order valence-corrected chi connectivity index (χ4v) is 6.29. The molecule has 2 saturated heterocycles. The third-order valence-corrected chi connectivity index (χ3v) is 8.64. The van der Waals surface area contributed by atoms with E-state index in [1.54, 1.807) is 11.8 Å². The summed E-state index contributed by atoms with van der Waals surface area (Å²) in [6.07, 6.45) is 5.13. The van der Waals surface area contributed by atoms with Crippen LogP contribution in [-0.2, 0) is 0 Å². The molecular formula is C26H28BrF2N5O5. The van der Waals surface area contributed by atoms with Gasteiger partial charge in [0.05, 0.1) is 17.0 Å². The zero-order valence-electron chi connectivity index (χ0n) is 21.3. The standard InChI is InChI=1S/C26H28BrF2N5O5/c1-15-9-16(10-21(35)30-15)23(36)33-13-20(26(28,29)14-33)31-22-18(11-17(27)12-19(22)34(38)39)24(37)32-7-5-25(6-8-32)3-2-4-25/h9-12,20,31H,2-8,13-14H2,1H3,(H,30,35). The summed E-state index contributed by atoms with van der Waals surface area (Å²) in [4.78, 5) is 54.6. The van der Waals surface area contributed by atoms with Crippen molar-refractivity contribution in [1.82, 2.24) is 14.8 Å². The van der Waals surface area contributed by atoms with Crippen LogP contribution in [-0.4, -0.2) is 69.7 Å². The summed E-state index contributed by atoms with van der Waals surface area (Å²) in [6, 6.07) is 3.30. The van der Waals surface area contributed by atoms with E-state index in [9.17, 15) is 24.5 Å². The molecule has 1 aromatic heterocycles. The van der Waals surface area contributed by atoms with E-state index >= 15 is 8.78 Å². The van der Waals surface area contributed by atoms with Gasteiger partial charge in [-0.2, -0.15) is 0 Å². The zero-order valence-corrected chi connectivity index (χ0v) is 22.9. The third-order valence-electron chi connectivity index (χ3n) is 8.18. The largest absolute Gasteiger partial charge is 0.369 e. The van der Waals surface area contributed by atoms with Gasteiger partial charge < -0.3 is 20.1 Å². The van der Waals surface area contributed by atoms with Crippen molar-refractivity contribution in [2.45, 2.75) is 51.0 Å². The number of benzene rings is 1. The molecule has 3 heterocycles. The number of nitrogens with zero attached hydrogens (tertiary/aromatic N) is 3. The van der Waals surface area contributed by atoms with Crippen LogP contribution in [0.4, 0.5) is 20.2 Å². The first kappa shape index (κ1) is 27.2. The highest BCUT2D eigenvalue weighted by atomic mass is 79.9. The maximum absolute atomic E-state index is 15.2. The number of H-pyrrole nitrogens is 1. The molecule has 13 heteroatoms. The van der Waals surface area contributed by atoms with E-state index in [4.69, 9.17) is 0 Å². The number of aromatic nitrogens is 1. The summed E-state index contributed by atoms with van der Waals surface area (Å²) >= 11 is 3.22. The first-order valence-corrected chi connectivity index (χ1v) is 13.6. The molecule has 10 nitrogen and oxygen atoms in total. The molecule has 3 aliphatic rings. The maximum atomic E-state index is 15.2. The lowest BCUT2D eigenvalue weighted by molar-refractivity contribution is -0.384. The molecule has 0 bridgehead atoms. The number of amides is 2. The van der Waals surface area contributed by atoms with Crippen molar-refractivity contribution in [3.63, 3.8) is 0 Å². The number of aryl methyl sites for hydroxylation is 1. The van der Waals surface area contributed by atoms with Crippen LogP contribution in [0.2, 0.25) is 0 Å². The predicted octanol–water partition coefficient (Wildman–Crippen LogP) is 4.33. The monoisotopic (exact) mass is 607 g/mol. The van der Waals surface area contributed by atoms with Crippen molar-refractivity contribution < 1.29 is 23.3 Å². The van der Waals surface area contributed by atoms with Crippen LogP contribution in [0, 0.1) is 22.5 Å².